The van der Waals surface area contributed by atoms with E-state index in [2.05, 4.69) is 30.7 Å². The van der Waals surface area contributed by atoms with E-state index in [0.717, 1.165) is 11.6 Å². The lowest BCUT2D eigenvalue weighted by Crippen LogP contribution is -2.21. The van der Waals surface area contributed by atoms with E-state index in [1.165, 1.54) is 12.8 Å². The highest BCUT2D eigenvalue weighted by atomic mass is 35.5. The van der Waals surface area contributed by atoms with Crippen LogP contribution >= 0.6 is 11.6 Å². The molecule has 1 saturated carbocycles. The zero-order valence-corrected chi connectivity index (χ0v) is 9.73. The number of aromatic nitrogens is 2. The quantitative estimate of drug-likeness (QED) is 0.798. The van der Waals surface area contributed by atoms with E-state index in [4.69, 9.17) is 11.6 Å². The summed E-state index contributed by atoms with van der Waals surface area (Å²) in [5.41, 5.74) is 1.39. The number of nitrogens with zero attached hydrogens (tertiary/aromatic N) is 1. The number of aromatic amines is 1. The van der Waals surface area contributed by atoms with Crippen molar-refractivity contribution in [2.75, 3.05) is 0 Å². The number of halogens is 1. The van der Waals surface area contributed by atoms with Gasteiger partial charge in [-0.1, -0.05) is 32.4 Å². The summed E-state index contributed by atoms with van der Waals surface area (Å²) >= 11 is 6.07. The van der Waals surface area contributed by atoms with Crippen molar-refractivity contribution < 1.29 is 0 Å². The van der Waals surface area contributed by atoms with Crippen LogP contribution in [0.25, 0.3) is 0 Å². The molecule has 1 atom stereocenters. The molecule has 0 radical (unpaired) electrons. The Bertz CT molecular complexity index is 320. The highest BCUT2D eigenvalue weighted by Gasteiger charge is 2.41. The SMILES string of the molecule is CC(C)(C)C(c1[nH]cnc1Cl)C1CC1. The van der Waals surface area contributed by atoms with Crippen molar-refractivity contribution in [1.29, 1.82) is 0 Å². The number of hydrogen-bond donors (Lipinski definition) is 1. The maximum atomic E-state index is 6.07. The van der Waals surface area contributed by atoms with E-state index >= 15 is 0 Å². The van der Waals surface area contributed by atoms with Gasteiger partial charge in [-0.15, -0.1) is 0 Å². The van der Waals surface area contributed by atoms with E-state index in [0.29, 0.717) is 11.1 Å². The Hall–Kier alpha value is -0.500. The fourth-order valence-corrected chi connectivity index (χ4v) is 2.53. The van der Waals surface area contributed by atoms with Crippen LogP contribution in [0, 0.1) is 11.3 Å². The van der Waals surface area contributed by atoms with Gasteiger partial charge in [0.15, 0.2) is 0 Å². The van der Waals surface area contributed by atoms with Crippen LogP contribution in [-0.2, 0) is 0 Å². The fraction of sp³-hybridized carbons (Fsp3) is 0.727. The van der Waals surface area contributed by atoms with Crippen LogP contribution in [-0.4, -0.2) is 9.97 Å². The molecule has 1 N–H and O–H groups in total. The minimum absolute atomic E-state index is 0.261. The molecule has 2 rings (SSSR count). The molecular formula is C11H17ClN2. The third kappa shape index (κ3) is 1.81. The summed E-state index contributed by atoms with van der Waals surface area (Å²) in [4.78, 5) is 7.26. The van der Waals surface area contributed by atoms with Crippen LogP contribution in [0.4, 0.5) is 0 Å². The first kappa shape index (κ1) is 10.0. The van der Waals surface area contributed by atoms with Gasteiger partial charge in [-0.05, 0) is 24.2 Å². The summed E-state index contributed by atoms with van der Waals surface area (Å²) in [6.45, 7) is 6.81. The maximum absolute atomic E-state index is 6.07. The first-order valence-corrected chi connectivity index (χ1v) is 5.56. The van der Waals surface area contributed by atoms with Crippen LogP contribution in [0.2, 0.25) is 5.15 Å². The van der Waals surface area contributed by atoms with Gasteiger partial charge in [0.05, 0.1) is 12.0 Å². The third-order valence-corrected chi connectivity index (χ3v) is 3.26. The van der Waals surface area contributed by atoms with Crippen molar-refractivity contribution in [1.82, 2.24) is 9.97 Å². The Labute approximate surface area is 90.1 Å². The minimum atomic E-state index is 0.261. The maximum Gasteiger partial charge on any atom is 0.150 e. The summed E-state index contributed by atoms with van der Waals surface area (Å²) in [5, 5.41) is 0.650. The second kappa shape index (κ2) is 3.27. The van der Waals surface area contributed by atoms with E-state index in [-0.39, 0.29) is 5.41 Å². The second-order valence-electron chi connectivity index (χ2n) is 5.29. The topological polar surface area (TPSA) is 28.7 Å². The molecule has 1 heterocycles. The van der Waals surface area contributed by atoms with Crippen LogP contribution in [0.5, 0.6) is 0 Å². The van der Waals surface area contributed by atoms with Crippen LogP contribution < -0.4 is 0 Å². The van der Waals surface area contributed by atoms with Crippen molar-refractivity contribution in [3.8, 4) is 0 Å². The van der Waals surface area contributed by atoms with Gasteiger partial charge >= 0.3 is 0 Å². The molecule has 1 aliphatic rings. The van der Waals surface area contributed by atoms with E-state index in [1.54, 1.807) is 6.33 Å². The third-order valence-electron chi connectivity index (χ3n) is 2.96. The molecule has 0 aliphatic heterocycles. The van der Waals surface area contributed by atoms with Gasteiger partial charge in [0, 0.05) is 5.92 Å². The fourth-order valence-electron chi connectivity index (χ4n) is 2.31. The first-order valence-electron chi connectivity index (χ1n) is 5.19. The van der Waals surface area contributed by atoms with Gasteiger partial charge in [0.25, 0.3) is 0 Å². The Morgan fingerprint density at radius 2 is 2.14 bits per heavy atom. The van der Waals surface area contributed by atoms with Gasteiger partial charge in [0.2, 0.25) is 0 Å². The lowest BCUT2D eigenvalue weighted by atomic mass is 9.76. The summed E-state index contributed by atoms with van der Waals surface area (Å²) in [6.07, 6.45) is 4.35. The average Bonchev–Trinajstić information content (AvgIpc) is 2.76. The number of hydrogen-bond acceptors (Lipinski definition) is 1. The normalized spacial score (nSPS) is 19.7. The Kier molecular flexibility index (Phi) is 2.34. The monoisotopic (exact) mass is 212 g/mol. The largest absolute Gasteiger partial charge is 0.347 e. The zero-order chi connectivity index (χ0) is 10.3. The Balaban J connectivity index is 2.32. The molecule has 1 unspecified atom stereocenters. The number of imidazole rings is 1. The lowest BCUT2D eigenvalue weighted by molar-refractivity contribution is 0.287. The molecular weight excluding hydrogens is 196 g/mol. The van der Waals surface area contributed by atoms with E-state index in [9.17, 15) is 0 Å². The summed E-state index contributed by atoms with van der Waals surface area (Å²) in [7, 11) is 0. The van der Waals surface area contributed by atoms with Crippen LogP contribution in [0.1, 0.15) is 45.2 Å². The molecule has 1 aromatic rings. The van der Waals surface area contributed by atoms with Crippen molar-refractivity contribution in [2.24, 2.45) is 11.3 Å². The number of H-pyrrole nitrogens is 1. The Morgan fingerprint density at radius 3 is 2.50 bits per heavy atom. The standard InChI is InChI=1S/C11H17ClN2/c1-11(2,3)8(7-4-5-7)9-10(12)14-6-13-9/h6-8H,4-5H2,1-3H3,(H,13,14). The summed E-state index contributed by atoms with van der Waals surface area (Å²) in [5.74, 6) is 1.32. The molecule has 14 heavy (non-hydrogen) atoms. The van der Waals surface area contributed by atoms with Crippen molar-refractivity contribution in [3.05, 3.63) is 17.2 Å². The highest BCUT2D eigenvalue weighted by Crippen LogP contribution is 2.51. The Morgan fingerprint density at radius 1 is 1.50 bits per heavy atom. The molecule has 0 aromatic carbocycles. The van der Waals surface area contributed by atoms with Crippen molar-refractivity contribution in [3.63, 3.8) is 0 Å². The molecule has 1 aliphatic carbocycles. The van der Waals surface area contributed by atoms with Crippen LogP contribution in [0.15, 0.2) is 6.33 Å². The number of rotatable bonds is 2. The summed E-state index contributed by atoms with van der Waals surface area (Å²) < 4.78 is 0. The van der Waals surface area contributed by atoms with Gasteiger partial charge < -0.3 is 4.98 Å². The minimum Gasteiger partial charge on any atom is -0.347 e. The van der Waals surface area contributed by atoms with Crippen molar-refractivity contribution >= 4 is 11.6 Å². The molecule has 0 saturated heterocycles. The van der Waals surface area contributed by atoms with Gasteiger partial charge in [-0.25, -0.2) is 4.98 Å². The first-order chi connectivity index (χ1) is 6.50. The molecule has 1 aromatic heterocycles. The van der Waals surface area contributed by atoms with Gasteiger partial charge in [0.1, 0.15) is 5.15 Å². The molecule has 1 fully saturated rings. The molecule has 0 bridgehead atoms. The molecule has 78 valence electrons. The second-order valence-corrected chi connectivity index (χ2v) is 5.65. The van der Waals surface area contributed by atoms with Crippen LogP contribution in [0.3, 0.4) is 0 Å². The zero-order valence-electron chi connectivity index (χ0n) is 8.97. The predicted octanol–water partition coefficient (Wildman–Crippen LogP) is 3.60. The molecule has 0 amide bonds. The smallest absolute Gasteiger partial charge is 0.150 e. The lowest BCUT2D eigenvalue weighted by Gasteiger charge is -2.30. The van der Waals surface area contributed by atoms with E-state index < -0.39 is 0 Å². The van der Waals surface area contributed by atoms with E-state index in [1.807, 2.05) is 0 Å². The highest BCUT2D eigenvalue weighted by molar-refractivity contribution is 6.30. The summed E-state index contributed by atoms with van der Waals surface area (Å²) in [6, 6.07) is 0. The predicted molar refractivity (Wildman–Crippen MR) is 58.5 cm³/mol. The number of nitrogens with one attached hydrogen (secondary N) is 1. The van der Waals surface area contributed by atoms with Gasteiger partial charge in [-0.2, -0.15) is 0 Å². The molecule has 3 heteroatoms. The van der Waals surface area contributed by atoms with Crippen molar-refractivity contribution in [2.45, 2.75) is 39.5 Å². The van der Waals surface area contributed by atoms with Gasteiger partial charge in [-0.3, -0.25) is 0 Å². The molecule has 0 spiro atoms. The molecule has 2 nitrogen and oxygen atoms in total. The average molecular weight is 213 g/mol.